The minimum absolute atomic E-state index is 0.214. The summed E-state index contributed by atoms with van der Waals surface area (Å²) in [4.78, 5) is 22.8. The van der Waals surface area contributed by atoms with Crippen LogP contribution in [-0.2, 0) is 14.3 Å². The van der Waals surface area contributed by atoms with E-state index in [0.29, 0.717) is 17.0 Å². The average molecular weight is 376 g/mol. The molecule has 0 amide bonds. The molecule has 28 heavy (non-hydrogen) atoms. The van der Waals surface area contributed by atoms with Crippen molar-refractivity contribution in [3.63, 3.8) is 0 Å². The van der Waals surface area contributed by atoms with Gasteiger partial charge in [-0.15, -0.1) is 0 Å². The molecular formula is C22H20N2O4. The molecule has 6 nitrogen and oxygen atoms in total. The highest BCUT2D eigenvalue weighted by Crippen LogP contribution is 2.32. The van der Waals surface area contributed by atoms with E-state index in [2.05, 4.69) is 0 Å². The summed E-state index contributed by atoms with van der Waals surface area (Å²) in [5.74, 6) is -0.128. The summed E-state index contributed by atoms with van der Waals surface area (Å²) in [7, 11) is 1.60. The second kappa shape index (κ2) is 8.81. The Bertz CT molecular complexity index is 1010. The molecule has 2 aromatic carbocycles. The van der Waals surface area contributed by atoms with Crippen molar-refractivity contribution in [2.45, 2.75) is 6.92 Å². The number of ether oxygens (including phenoxy) is 2. The van der Waals surface area contributed by atoms with Crippen molar-refractivity contribution in [2.24, 2.45) is 0 Å². The molecular weight excluding hydrogens is 356 g/mol. The number of rotatable bonds is 7. The number of ketones is 1. The Labute approximate surface area is 163 Å². The molecule has 0 atom stereocenters. The van der Waals surface area contributed by atoms with E-state index in [-0.39, 0.29) is 12.4 Å². The van der Waals surface area contributed by atoms with Crippen LogP contribution < -0.4 is 4.74 Å². The molecule has 0 bridgehead atoms. The second-order valence-corrected chi connectivity index (χ2v) is 6.06. The van der Waals surface area contributed by atoms with Crippen molar-refractivity contribution in [3.05, 3.63) is 72.4 Å². The minimum Gasteiger partial charge on any atom is -0.496 e. The normalized spacial score (nSPS) is 10.8. The highest BCUT2D eigenvalue weighted by Gasteiger charge is 2.14. The van der Waals surface area contributed by atoms with Crippen molar-refractivity contribution < 1.29 is 19.1 Å². The number of Topliss-reactive ketones (excluding diaryl/α,β-unsaturated/α-hetero) is 1. The SMILES string of the molecule is COc1ccccc1-c1nn(-c2ccccc2)cc1/C=C/C(=O)OCC(C)=O. The van der Waals surface area contributed by atoms with Gasteiger partial charge in [-0.25, -0.2) is 9.48 Å². The lowest BCUT2D eigenvalue weighted by molar-refractivity contribution is -0.142. The van der Waals surface area contributed by atoms with Crippen LogP contribution in [-0.4, -0.2) is 35.2 Å². The molecule has 0 saturated carbocycles. The van der Waals surface area contributed by atoms with E-state index in [4.69, 9.17) is 14.6 Å². The maximum absolute atomic E-state index is 11.9. The summed E-state index contributed by atoms with van der Waals surface area (Å²) in [5, 5.41) is 4.69. The Balaban J connectivity index is 2.01. The summed E-state index contributed by atoms with van der Waals surface area (Å²) < 4.78 is 12.1. The molecule has 0 radical (unpaired) electrons. The molecule has 3 aromatic rings. The predicted octanol–water partition coefficient (Wildman–Crippen LogP) is 3.69. The van der Waals surface area contributed by atoms with Gasteiger partial charge in [0.25, 0.3) is 0 Å². The first kappa shape index (κ1) is 19.1. The van der Waals surface area contributed by atoms with Crippen LogP contribution in [0.15, 0.2) is 66.9 Å². The molecule has 0 aliphatic carbocycles. The van der Waals surface area contributed by atoms with Gasteiger partial charge in [0.2, 0.25) is 0 Å². The molecule has 6 heteroatoms. The number of nitrogens with zero attached hydrogens (tertiary/aromatic N) is 2. The van der Waals surface area contributed by atoms with Crippen LogP contribution in [0, 0.1) is 0 Å². The molecule has 0 aliphatic heterocycles. The Morgan fingerprint density at radius 1 is 1.07 bits per heavy atom. The van der Waals surface area contributed by atoms with Crippen LogP contribution in [0.5, 0.6) is 5.75 Å². The van der Waals surface area contributed by atoms with Gasteiger partial charge >= 0.3 is 5.97 Å². The van der Waals surface area contributed by atoms with Crippen molar-refractivity contribution in [1.82, 2.24) is 9.78 Å². The highest BCUT2D eigenvalue weighted by atomic mass is 16.5. The van der Waals surface area contributed by atoms with Crippen LogP contribution in [0.1, 0.15) is 12.5 Å². The van der Waals surface area contributed by atoms with Crippen molar-refractivity contribution >= 4 is 17.8 Å². The van der Waals surface area contributed by atoms with Crippen LogP contribution >= 0.6 is 0 Å². The van der Waals surface area contributed by atoms with Crippen LogP contribution in [0.25, 0.3) is 23.0 Å². The first-order chi connectivity index (χ1) is 13.6. The average Bonchev–Trinajstić information content (AvgIpc) is 3.15. The van der Waals surface area contributed by atoms with Gasteiger partial charge < -0.3 is 9.47 Å². The topological polar surface area (TPSA) is 70.4 Å². The summed E-state index contributed by atoms with van der Waals surface area (Å²) >= 11 is 0. The first-order valence-corrected chi connectivity index (χ1v) is 8.71. The van der Waals surface area contributed by atoms with E-state index < -0.39 is 5.97 Å². The number of benzene rings is 2. The monoisotopic (exact) mass is 376 g/mol. The number of aromatic nitrogens is 2. The number of hydrogen-bond donors (Lipinski definition) is 0. The molecule has 0 aliphatic rings. The molecule has 0 N–H and O–H groups in total. The number of methoxy groups -OCH3 is 1. The fourth-order valence-corrected chi connectivity index (χ4v) is 2.65. The number of carbonyl (C=O) groups excluding carboxylic acids is 2. The standard InChI is InChI=1S/C22H20N2O4/c1-16(25)15-28-21(26)13-12-17-14-24(18-8-4-3-5-9-18)23-22(17)19-10-6-7-11-20(19)27-2/h3-14H,15H2,1-2H3/b13-12+. The number of carbonyl (C=O) groups is 2. The fourth-order valence-electron chi connectivity index (χ4n) is 2.65. The Hall–Kier alpha value is -3.67. The van der Waals surface area contributed by atoms with Gasteiger partial charge in [0.05, 0.1) is 12.8 Å². The second-order valence-electron chi connectivity index (χ2n) is 6.06. The molecule has 0 spiro atoms. The number of hydrogen-bond acceptors (Lipinski definition) is 5. The third-order valence-corrected chi connectivity index (χ3v) is 3.94. The van der Waals surface area contributed by atoms with Gasteiger partial charge in [-0.3, -0.25) is 4.79 Å². The summed E-state index contributed by atoms with van der Waals surface area (Å²) in [6, 6.07) is 17.2. The van der Waals surface area contributed by atoms with E-state index in [1.165, 1.54) is 13.0 Å². The van der Waals surface area contributed by atoms with Crippen molar-refractivity contribution in [2.75, 3.05) is 13.7 Å². The van der Waals surface area contributed by atoms with Crippen molar-refractivity contribution in [3.8, 4) is 22.7 Å². The number of para-hydroxylation sites is 2. The van der Waals surface area contributed by atoms with Gasteiger partial charge in [0.15, 0.2) is 5.78 Å². The zero-order valence-corrected chi connectivity index (χ0v) is 15.7. The molecule has 0 saturated heterocycles. The third-order valence-electron chi connectivity index (χ3n) is 3.94. The Morgan fingerprint density at radius 2 is 1.79 bits per heavy atom. The number of esters is 1. The van der Waals surface area contributed by atoms with E-state index in [9.17, 15) is 9.59 Å². The molecule has 142 valence electrons. The molecule has 1 aromatic heterocycles. The Morgan fingerprint density at radius 3 is 2.50 bits per heavy atom. The van der Waals surface area contributed by atoms with Crippen molar-refractivity contribution in [1.29, 1.82) is 0 Å². The molecule has 3 rings (SSSR count). The molecule has 0 unspecified atom stereocenters. The van der Waals surface area contributed by atoms with Crippen LogP contribution in [0.4, 0.5) is 0 Å². The smallest absolute Gasteiger partial charge is 0.331 e. The maximum atomic E-state index is 11.9. The van der Waals surface area contributed by atoms with Gasteiger partial charge in [-0.1, -0.05) is 30.3 Å². The van der Waals surface area contributed by atoms with E-state index in [1.54, 1.807) is 17.9 Å². The largest absolute Gasteiger partial charge is 0.496 e. The summed E-state index contributed by atoms with van der Waals surface area (Å²) in [5.41, 5.74) is 3.07. The maximum Gasteiger partial charge on any atom is 0.331 e. The molecule has 0 fully saturated rings. The van der Waals surface area contributed by atoms with Gasteiger partial charge in [0.1, 0.15) is 18.1 Å². The zero-order chi connectivity index (χ0) is 19.9. The highest BCUT2D eigenvalue weighted by molar-refractivity contribution is 5.90. The fraction of sp³-hybridized carbons (Fsp3) is 0.136. The Kier molecular flexibility index (Phi) is 6.01. The van der Waals surface area contributed by atoms with E-state index in [0.717, 1.165) is 11.3 Å². The van der Waals surface area contributed by atoms with Gasteiger partial charge in [-0.05, 0) is 37.3 Å². The van der Waals surface area contributed by atoms with E-state index >= 15 is 0 Å². The quantitative estimate of drug-likeness (QED) is 0.465. The summed E-state index contributed by atoms with van der Waals surface area (Å²) in [6.07, 6.45) is 4.73. The third kappa shape index (κ3) is 4.54. The minimum atomic E-state index is -0.589. The van der Waals surface area contributed by atoms with Gasteiger partial charge in [-0.2, -0.15) is 5.10 Å². The van der Waals surface area contributed by atoms with E-state index in [1.807, 2.05) is 60.8 Å². The van der Waals surface area contributed by atoms with Crippen LogP contribution in [0.3, 0.4) is 0 Å². The van der Waals surface area contributed by atoms with Crippen LogP contribution in [0.2, 0.25) is 0 Å². The lowest BCUT2D eigenvalue weighted by atomic mass is 10.1. The lowest BCUT2D eigenvalue weighted by Gasteiger charge is -2.06. The lowest BCUT2D eigenvalue weighted by Crippen LogP contribution is -2.08. The first-order valence-electron chi connectivity index (χ1n) is 8.71. The molecule has 1 heterocycles. The van der Waals surface area contributed by atoms with Gasteiger partial charge in [0, 0.05) is 23.4 Å². The predicted molar refractivity (Wildman–Crippen MR) is 106 cm³/mol. The summed E-state index contributed by atoms with van der Waals surface area (Å²) in [6.45, 7) is 1.12. The zero-order valence-electron chi connectivity index (χ0n) is 15.7.